The Hall–Kier alpha value is -1.44. The molecule has 1 saturated carbocycles. The molecule has 1 heterocycles. The van der Waals surface area contributed by atoms with E-state index < -0.39 is 0 Å². The Balaban J connectivity index is 1.73. The van der Waals surface area contributed by atoms with Crippen LogP contribution in [0.3, 0.4) is 0 Å². The molecule has 0 aromatic heterocycles. The van der Waals surface area contributed by atoms with Gasteiger partial charge in [0.1, 0.15) is 0 Å². The minimum Gasteiger partial charge on any atom is -0.454 e. The number of ether oxygens (including phenoxy) is 2. The molecule has 0 amide bonds. The first-order valence-corrected chi connectivity index (χ1v) is 6.41. The van der Waals surface area contributed by atoms with Crippen LogP contribution in [0, 0.1) is 17.8 Å². The first-order chi connectivity index (χ1) is 8.33. The number of fused-ring (bicyclic) bond motifs is 3. The molecule has 0 saturated heterocycles. The van der Waals surface area contributed by atoms with Crippen LogP contribution in [0.1, 0.15) is 24.8 Å². The van der Waals surface area contributed by atoms with Crippen molar-refractivity contribution in [2.24, 2.45) is 17.8 Å². The average Bonchev–Trinajstić information content (AvgIpc) is 3.02. The molecule has 1 aromatic carbocycles. The van der Waals surface area contributed by atoms with Crippen molar-refractivity contribution in [1.29, 1.82) is 0 Å². The smallest absolute Gasteiger partial charge is 0.231 e. The molecule has 0 N–H and O–H groups in total. The van der Waals surface area contributed by atoms with Crippen LogP contribution in [-0.2, 0) is 0 Å². The van der Waals surface area contributed by atoms with Crippen molar-refractivity contribution in [3.05, 3.63) is 35.9 Å². The first kappa shape index (κ1) is 9.58. The molecular formula is C15H16O2. The average molecular weight is 228 g/mol. The minimum absolute atomic E-state index is 0.366. The number of hydrogen-bond donors (Lipinski definition) is 0. The monoisotopic (exact) mass is 228 g/mol. The number of benzene rings is 1. The Kier molecular flexibility index (Phi) is 1.85. The lowest BCUT2D eigenvalue weighted by Gasteiger charge is -2.25. The van der Waals surface area contributed by atoms with E-state index in [0.29, 0.717) is 12.7 Å². The van der Waals surface area contributed by atoms with E-state index in [-0.39, 0.29) is 0 Å². The number of allylic oxidation sites excluding steroid dienone is 2. The van der Waals surface area contributed by atoms with Crippen LogP contribution >= 0.6 is 0 Å². The van der Waals surface area contributed by atoms with Gasteiger partial charge in [0.25, 0.3) is 0 Å². The van der Waals surface area contributed by atoms with Crippen LogP contribution in [0.4, 0.5) is 0 Å². The highest BCUT2D eigenvalue weighted by Gasteiger charge is 2.42. The van der Waals surface area contributed by atoms with Gasteiger partial charge in [-0.25, -0.2) is 0 Å². The summed E-state index contributed by atoms with van der Waals surface area (Å²) in [6.45, 7) is 2.74. The molecule has 17 heavy (non-hydrogen) atoms. The van der Waals surface area contributed by atoms with Crippen molar-refractivity contribution < 1.29 is 9.47 Å². The molecule has 1 aromatic rings. The lowest BCUT2D eigenvalue weighted by molar-refractivity contribution is 0.174. The summed E-state index contributed by atoms with van der Waals surface area (Å²) in [5, 5.41) is 0. The van der Waals surface area contributed by atoms with Crippen molar-refractivity contribution >= 4 is 0 Å². The molecule has 2 aliphatic carbocycles. The number of rotatable bonds is 1. The van der Waals surface area contributed by atoms with Crippen molar-refractivity contribution in [3.63, 3.8) is 0 Å². The Morgan fingerprint density at radius 2 is 1.88 bits per heavy atom. The largest absolute Gasteiger partial charge is 0.454 e. The molecule has 4 atom stereocenters. The van der Waals surface area contributed by atoms with E-state index >= 15 is 0 Å². The molecule has 2 bridgehead atoms. The van der Waals surface area contributed by atoms with Gasteiger partial charge in [-0.1, -0.05) is 25.1 Å². The fourth-order valence-electron chi connectivity index (χ4n) is 3.74. The van der Waals surface area contributed by atoms with E-state index in [9.17, 15) is 0 Å². The van der Waals surface area contributed by atoms with Crippen LogP contribution in [0.2, 0.25) is 0 Å². The van der Waals surface area contributed by atoms with E-state index in [0.717, 1.165) is 29.3 Å². The van der Waals surface area contributed by atoms with Gasteiger partial charge in [-0.3, -0.25) is 0 Å². The van der Waals surface area contributed by atoms with Gasteiger partial charge in [0.05, 0.1) is 0 Å². The topological polar surface area (TPSA) is 18.5 Å². The SMILES string of the molecule is CC1C2C=CC(C2)C1c1ccc2c(c1)OCO2. The Morgan fingerprint density at radius 3 is 2.71 bits per heavy atom. The van der Waals surface area contributed by atoms with Crippen LogP contribution in [-0.4, -0.2) is 6.79 Å². The predicted octanol–water partition coefficient (Wildman–Crippen LogP) is 3.34. The van der Waals surface area contributed by atoms with Crippen LogP contribution in [0.25, 0.3) is 0 Å². The molecule has 0 radical (unpaired) electrons. The number of hydrogen-bond acceptors (Lipinski definition) is 2. The third-order valence-corrected chi connectivity index (χ3v) is 4.63. The third-order valence-electron chi connectivity index (χ3n) is 4.63. The van der Waals surface area contributed by atoms with E-state index in [1.165, 1.54) is 12.0 Å². The fourth-order valence-corrected chi connectivity index (χ4v) is 3.74. The van der Waals surface area contributed by atoms with E-state index in [1.54, 1.807) is 0 Å². The molecule has 3 aliphatic rings. The Bertz CT molecular complexity index is 492. The summed E-state index contributed by atoms with van der Waals surface area (Å²) >= 11 is 0. The maximum absolute atomic E-state index is 5.47. The van der Waals surface area contributed by atoms with Gasteiger partial charge >= 0.3 is 0 Å². The highest BCUT2D eigenvalue weighted by molar-refractivity contribution is 5.46. The van der Waals surface area contributed by atoms with Crippen LogP contribution in [0.15, 0.2) is 30.4 Å². The maximum atomic E-state index is 5.47. The Morgan fingerprint density at radius 1 is 1.06 bits per heavy atom. The molecule has 4 unspecified atom stereocenters. The van der Waals surface area contributed by atoms with Crippen LogP contribution < -0.4 is 9.47 Å². The second kappa shape index (κ2) is 3.28. The molecule has 4 rings (SSSR count). The zero-order chi connectivity index (χ0) is 11.4. The normalized spacial score (nSPS) is 36.8. The van der Waals surface area contributed by atoms with Crippen molar-refractivity contribution in [3.8, 4) is 11.5 Å². The van der Waals surface area contributed by atoms with E-state index in [2.05, 4.69) is 37.3 Å². The second-order valence-corrected chi connectivity index (χ2v) is 5.45. The summed E-state index contributed by atoms with van der Waals surface area (Å²) in [6.07, 6.45) is 6.14. The predicted molar refractivity (Wildman–Crippen MR) is 65.2 cm³/mol. The molecule has 2 heteroatoms. The van der Waals surface area contributed by atoms with E-state index in [1.807, 2.05) is 0 Å². The van der Waals surface area contributed by atoms with Gasteiger partial charge in [0.2, 0.25) is 6.79 Å². The molecule has 88 valence electrons. The van der Waals surface area contributed by atoms with Crippen molar-refractivity contribution in [2.75, 3.05) is 6.79 Å². The first-order valence-electron chi connectivity index (χ1n) is 6.41. The highest BCUT2D eigenvalue weighted by Crippen LogP contribution is 2.53. The zero-order valence-electron chi connectivity index (χ0n) is 9.93. The van der Waals surface area contributed by atoms with Gasteiger partial charge in [0, 0.05) is 0 Å². The summed E-state index contributed by atoms with van der Waals surface area (Å²) in [7, 11) is 0. The molecule has 2 nitrogen and oxygen atoms in total. The van der Waals surface area contributed by atoms with Gasteiger partial charge < -0.3 is 9.47 Å². The van der Waals surface area contributed by atoms with Gasteiger partial charge in [-0.2, -0.15) is 0 Å². The maximum Gasteiger partial charge on any atom is 0.231 e. The fraction of sp³-hybridized carbons (Fsp3) is 0.467. The summed E-state index contributed by atoms with van der Waals surface area (Å²) in [4.78, 5) is 0. The van der Waals surface area contributed by atoms with Crippen LogP contribution in [0.5, 0.6) is 11.5 Å². The lowest BCUT2D eigenvalue weighted by atomic mass is 9.79. The standard InChI is InChI=1S/C15H16O2/c1-9-10-2-3-11(6-10)15(9)12-4-5-13-14(7-12)17-8-16-13/h2-5,7,9-11,15H,6,8H2,1H3. The quantitative estimate of drug-likeness (QED) is 0.686. The third kappa shape index (κ3) is 1.27. The van der Waals surface area contributed by atoms with Gasteiger partial charge in [0.15, 0.2) is 11.5 Å². The summed E-state index contributed by atoms with van der Waals surface area (Å²) in [6, 6.07) is 6.45. The molecule has 1 fully saturated rings. The summed E-state index contributed by atoms with van der Waals surface area (Å²) in [5.74, 6) is 4.75. The Labute approximate surface area is 101 Å². The van der Waals surface area contributed by atoms with Crippen molar-refractivity contribution in [1.82, 2.24) is 0 Å². The zero-order valence-corrected chi connectivity index (χ0v) is 9.93. The minimum atomic E-state index is 0.366. The molecule has 1 aliphatic heterocycles. The molecule has 0 spiro atoms. The van der Waals surface area contributed by atoms with Crippen molar-refractivity contribution in [2.45, 2.75) is 19.3 Å². The second-order valence-electron chi connectivity index (χ2n) is 5.45. The summed E-state index contributed by atoms with van der Waals surface area (Å²) in [5.41, 5.74) is 1.42. The highest BCUT2D eigenvalue weighted by atomic mass is 16.7. The van der Waals surface area contributed by atoms with E-state index in [4.69, 9.17) is 9.47 Å². The van der Waals surface area contributed by atoms with Gasteiger partial charge in [-0.15, -0.1) is 0 Å². The lowest BCUT2D eigenvalue weighted by Crippen LogP contribution is -2.14. The summed E-state index contributed by atoms with van der Waals surface area (Å²) < 4.78 is 10.8. The molecular weight excluding hydrogens is 212 g/mol. The van der Waals surface area contributed by atoms with Gasteiger partial charge in [-0.05, 0) is 47.8 Å².